The monoisotopic (exact) mass is 257 g/mol. The molecule has 2 aromatic rings. The lowest BCUT2D eigenvalue weighted by atomic mass is 10.2. The van der Waals surface area contributed by atoms with Gasteiger partial charge in [-0.25, -0.2) is 9.37 Å². The van der Waals surface area contributed by atoms with E-state index in [1.165, 1.54) is 12.1 Å². The van der Waals surface area contributed by atoms with Crippen molar-refractivity contribution in [3.63, 3.8) is 0 Å². The van der Waals surface area contributed by atoms with Crippen molar-refractivity contribution in [1.29, 1.82) is 5.26 Å². The molecule has 0 unspecified atom stereocenters. The van der Waals surface area contributed by atoms with Crippen LogP contribution in [0.1, 0.15) is 30.1 Å². The lowest BCUT2D eigenvalue weighted by Crippen LogP contribution is -2.04. The van der Waals surface area contributed by atoms with Gasteiger partial charge in [0.25, 0.3) is 0 Å². The molecular weight excluding hydrogens is 245 g/mol. The number of aromatic nitrogens is 2. The maximum absolute atomic E-state index is 13.4. The molecule has 1 saturated carbocycles. The van der Waals surface area contributed by atoms with Crippen LogP contribution in [-0.4, -0.2) is 9.55 Å². The number of rotatable bonds is 4. The van der Waals surface area contributed by atoms with Crippen molar-refractivity contribution >= 4 is 0 Å². The summed E-state index contributed by atoms with van der Waals surface area (Å²) in [5.74, 6) is -0.290. The molecule has 0 saturated heterocycles. The molecule has 0 radical (unpaired) electrons. The predicted octanol–water partition coefficient (Wildman–Crippen LogP) is 2.81. The number of hydrogen-bond donors (Lipinski definition) is 0. The van der Waals surface area contributed by atoms with Gasteiger partial charge in [0.2, 0.25) is 0 Å². The van der Waals surface area contributed by atoms with Crippen LogP contribution in [0.4, 0.5) is 4.39 Å². The van der Waals surface area contributed by atoms with Crippen molar-refractivity contribution in [2.24, 2.45) is 0 Å². The predicted molar refractivity (Wildman–Crippen MR) is 65.9 cm³/mol. The van der Waals surface area contributed by atoms with Gasteiger partial charge < -0.3 is 9.30 Å². The summed E-state index contributed by atoms with van der Waals surface area (Å²) in [6.07, 6.45) is 5.84. The quantitative estimate of drug-likeness (QED) is 0.846. The van der Waals surface area contributed by atoms with E-state index in [0.717, 1.165) is 18.5 Å². The zero-order chi connectivity index (χ0) is 13.2. The number of imidazole rings is 1. The van der Waals surface area contributed by atoms with E-state index in [1.54, 1.807) is 18.6 Å². The number of ether oxygens (including phenoxy) is 1. The number of nitrogens with zero attached hydrogens (tertiary/aromatic N) is 3. The Morgan fingerprint density at radius 2 is 2.32 bits per heavy atom. The van der Waals surface area contributed by atoms with Gasteiger partial charge in [0, 0.05) is 6.04 Å². The molecule has 0 N–H and O–H groups in total. The van der Waals surface area contributed by atoms with E-state index < -0.39 is 5.82 Å². The van der Waals surface area contributed by atoms with Crippen LogP contribution in [0.2, 0.25) is 0 Å². The Hall–Kier alpha value is -2.35. The van der Waals surface area contributed by atoms with Gasteiger partial charge in [-0.2, -0.15) is 5.26 Å². The molecule has 1 aliphatic rings. The van der Waals surface area contributed by atoms with Gasteiger partial charge >= 0.3 is 0 Å². The molecule has 3 rings (SSSR count). The lowest BCUT2D eigenvalue weighted by molar-refractivity contribution is 0.292. The highest BCUT2D eigenvalue weighted by atomic mass is 19.1. The van der Waals surface area contributed by atoms with Crippen LogP contribution >= 0.6 is 0 Å². The molecule has 1 aromatic carbocycles. The van der Waals surface area contributed by atoms with Crippen molar-refractivity contribution in [3.05, 3.63) is 47.8 Å². The number of nitriles is 1. The second-order valence-electron chi connectivity index (χ2n) is 4.54. The Balaban J connectivity index is 1.77. The van der Waals surface area contributed by atoms with Crippen LogP contribution in [0.5, 0.6) is 5.75 Å². The average Bonchev–Trinajstić information content (AvgIpc) is 3.15. The maximum atomic E-state index is 13.4. The van der Waals surface area contributed by atoms with E-state index in [1.807, 2.05) is 6.07 Å². The van der Waals surface area contributed by atoms with Crippen LogP contribution in [0.3, 0.4) is 0 Å². The first-order chi connectivity index (χ1) is 9.29. The van der Waals surface area contributed by atoms with Crippen molar-refractivity contribution in [2.45, 2.75) is 25.5 Å². The summed E-state index contributed by atoms with van der Waals surface area (Å²) in [5.41, 5.74) is 0.885. The fraction of sp³-hybridized carbons (Fsp3) is 0.286. The topological polar surface area (TPSA) is 50.8 Å². The average molecular weight is 257 g/mol. The van der Waals surface area contributed by atoms with Crippen molar-refractivity contribution < 1.29 is 9.13 Å². The summed E-state index contributed by atoms with van der Waals surface area (Å²) in [4.78, 5) is 4.10. The fourth-order valence-electron chi connectivity index (χ4n) is 2.01. The second-order valence-corrected chi connectivity index (χ2v) is 4.54. The first kappa shape index (κ1) is 11.7. The summed E-state index contributed by atoms with van der Waals surface area (Å²) < 4.78 is 21.0. The van der Waals surface area contributed by atoms with Gasteiger partial charge in [-0.1, -0.05) is 6.07 Å². The molecule has 0 spiro atoms. The van der Waals surface area contributed by atoms with Crippen LogP contribution in [0, 0.1) is 17.1 Å². The Morgan fingerprint density at radius 3 is 3.05 bits per heavy atom. The minimum absolute atomic E-state index is 0.0556. The summed E-state index contributed by atoms with van der Waals surface area (Å²) in [6.45, 7) is 0.286. The third-order valence-corrected chi connectivity index (χ3v) is 3.15. The third kappa shape index (κ3) is 2.29. The zero-order valence-electron chi connectivity index (χ0n) is 10.2. The molecule has 96 valence electrons. The molecule has 4 nitrogen and oxygen atoms in total. The van der Waals surface area contributed by atoms with Crippen LogP contribution < -0.4 is 4.74 Å². The zero-order valence-corrected chi connectivity index (χ0v) is 10.2. The van der Waals surface area contributed by atoms with Gasteiger partial charge in [-0.15, -0.1) is 0 Å². The first-order valence-electron chi connectivity index (χ1n) is 6.11. The summed E-state index contributed by atoms with van der Waals surface area (Å²) in [6, 6.07) is 6.72. The van der Waals surface area contributed by atoms with E-state index in [9.17, 15) is 4.39 Å². The molecule has 0 atom stereocenters. The summed E-state index contributed by atoms with van der Waals surface area (Å²) in [5, 5.41) is 8.92. The van der Waals surface area contributed by atoms with Gasteiger partial charge in [0.15, 0.2) is 0 Å². The minimum atomic E-state index is -0.560. The molecule has 0 bridgehead atoms. The largest absolute Gasteiger partial charge is 0.486 e. The smallest absolute Gasteiger partial charge is 0.144 e. The second kappa shape index (κ2) is 4.73. The minimum Gasteiger partial charge on any atom is -0.486 e. The highest BCUT2D eigenvalue weighted by Crippen LogP contribution is 2.35. The SMILES string of the molecule is N#Cc1c(F)cccc1OCc1cncn1C1CC1. The summed E-state index contributed by atoms with van der Waals surface area (Å²) in [7, 11) is 0. The normalized spacial score (nSPS) is 14.1. The molecule has 5 heteroatoms. The Kier molecular flexibility index (Phi) is 2.92. The molecule has 1 heterocycles. The number of halogens is 1. The van der Waals surface area contributed by atoms with Gasteiger partial charge in [-0.05, 0) is 25.0 Å². The van der Waals surface area contributed by atoms with Crippen molar-refractivity contribution in [1.82, 2.24) is 9.55 Å². The van der Waals surface area contributed by atoms with Crippen molar-refractivity contribution in [2.75, 3.05) is 0 Å². The number of benzene rings is 1. The molecule has 19 heavy (non-hydrogen) atoms. The Labute approximate surface area is 110 Å². The molecule has 1 aliphatic carbocycles. The highest BCUT2D eigenvalue weighted by Gasteiger charge is 2.25. The Bertz CT molecular complexity index is 640. The lowest BCUT2D eigenvalue weighted by Gasteiger charge is -2.10. The number of hydrogen-bond acceptors (Lipinski definition) is 3. The van der Waals surface area contributed by atoms with E-state index in [4.69, 9.17) is 10.00 Å². The Morgan fingerprint density at radius 1 is 1.47 bits per heavy atom. The van der Waals surface area contributed by atoms with Gasteiger partial charge in [-0.3, -0.25) is 0 Å². The maximum Gasteiger partial charge on any atom is 0.144 e. The van der Waals surface area contributed by atoms with Crippen LogP contribution in [0.25, 0.3) is 0 Å². The van der Waals surface area contributed by atoms with E-state index >= 15 is 0 Å². The van der Waals surface area contributed by atoms with Crippen molar-refractivity contribution in [3.8, 4) is 11.8 Å². The molecular formula is C14H12FN3O. The first-order valence-corrected chi connectivity index (χ1v) is 6.11. The van der Waals surface area contributed by atoms with Gasteiger partial charge in [0.05, 0.1) is 18.2 Å². The molecule has 0 amide bonds. The van der Waals surface area contributed by atoms with Crippen LogP contribution in [-0.2, 0) is 6.61 Å². The molecule has 1 aromatic heterocycles. The van der Waals surface area contributed by atoms with Gasteiger partial charge in [0.1, 0.15) is 29.8 Å². The van der Waals surface area contributed by atoms with E-state index in [0.29, 0.717) is 6.04 Å². The van der Waals surface area contributed by atoms with E-state index in [-0.39, 0.29) is 17.9 Å². The highest BCUT2D eigenvalue weighted by molar-refractivity contribution is 5.43. The summed E-state index contributed by atoms with van der Waals surface area (Å²) >= 11 is 0. The molecule has 1 fully saturated rings. The van der Waals surface area contributed by atoms with E-state index in [2.05, 4.69) is 9.55 Å². The fourth-order valence-corrected chi connectivity index (χ4v) is 2.01. The standard InChI is InChI=1S/C14H12FN3O/c15-13-2-1-3-14(12(13)6-16)19-8-11-7-17-9-18(11)10-4-5-10/h1-3,7,9-10H,4-5,8H2. The third-order valence-electron chi connectivity index (χ3n) is 3.15. The molecule has 0 aliphatic heterocycles. The van der Waals surface area contributed by atoms with Crippen LogP contribution in [0.15, 0.2) is 30.7 Å².